The van der Waals surface area contributed by atoms with Gasteiger partial charge in [-0.2, -0.15) is 0 Å². The van der Waals surface area contributed by atoms with Crippen LogP contribution in [0, 0.1) is 12.7 Å². The molecule has 0 N–H and O–H groups in total. The van der Waals surface area contributed by atoms with E-state index in [1.807, 2.05) is 12.3 Å². The van der Waals surface area contributed by atoms with Gasteiger partial charge in [-0.05, 0) is 32.0 Å². The van der Waals surface area contributed by atoms with Crippen molar-refractivity contribution in [2.75, 3.05) is 0 Å². The molecule has 4 aromatic rings. The summed E-state index contributed by atoms with van der Waals surface area (Å²) in [6.45, 7) is 5.52. The average molecular weight is 334 g/mol. The van der Waals surface area contributed by atoms with Crippen molar-refractivity contribution in [1.82, 2.24) is 19.1 Å². The van der Waals surface area contributed by atoms with Crippen molar-refractivity contribution in [1.29, 1.82) is 0 Å². The number of aryl methyl sites for hydroxylation is 2. The standard InChI is InChI=1S/C20H19FN4/c1-3-25-18-8-7-16(21)12-17(18)23-19(25)13-24-10-9-22-20(24)15-6-4-5-14(2)11-15/h4-12H,3,13H2,1-2H3. The largest absolute Gasteiger partial charge is 0.327 e. The first-order valence-corrected chi connectivity index (χ1v) is 8.38. The molecule has 0 saturated heterocycles. The van der Waals surface area contributed by atoms with Crippen molar-refractivity contribution in [2.24, 2.45) is 0 Å². The van der Waals surface area contributed by atoms with Crippen LogP contribution >= 0.6 is 0 Å². The lowest BCUT2D eigenvalue weighted by atomic mass is 10.1. The number of aromatic nitrogens is 4. The maximum atomic E-state index is 13.5. The summed E-state index contributed by atoms with van der Waals surface area (Å²) in [6, 6.07) is 13.0. The molecule has 0 aliphatic rings. The van der Waals surface area contributed by atoms with E-state index in [1.54, 1.807) is 12.3 Å². The Balaban J connectivity index is 1.77. The summed E-state index contributed by atoms with van der Waals surface area (Å²) in [4.78, 5) is 9.16. The third kappa shape index (κ3) is 2.82. The van der Waals surface area contributed by atoms with Crippen LogP contribution in [0.2, 0.25) is 0 Å². The van der Waals surface area contributed by atoms with Gasteiger partial charge in [0.05, 0.1) is 17.6 Å². The maximum Gasteiger partial charge on any atom is 0.140 e. The number of fused-ring (bicyclic) bond motifs is 1. The molecular formula is C20H19FN4. The fourth-order valence-electron chi connectivity index (χ4n) is 3.26. The minimum absolute atomic E-state index is 0.261. The second kappa shape index (κ2) is 6.16. The SMILES string of the molecule is CCn1c(Cn2ccnc2-c2cccc(C)c2)nc2cc(F)ccc21. The minimum Gasteiger partial charge on any atom is -0.327 e. The normalized spacial score (nSPS) is 11.3. The number of rotatable bonds is 4. The summed E-state index contributed by atoms with van der Waals surface area (Å²) in [5.74, 6) is 1.54. The second-order valence-electron chi connectivity index (χ2n) is 6.15. The molecule has 0 bridgehead atoms. The van der Waals surface area contributed by atoms with Gasteiger partial charge >= 0.3 is 0 Å². The fourth-order valence-corrected chi connectivity index (χ4v) is 3.26. The number of hydrogen-bond acceptors (Lipinski definition) is 2. The van der Waals surface area contributed by atoms with Gasteiger partial charge < -0.3 is 9.13 Å². The lowest BCUT2D eigenvalue weighted by molar-refractivity contribution is 0.629. The van der Waals surface area contributed by atoms with Crippen LogP contribution in [0.5, 0.6) is 0 Å². The first-order valence-electron chi connectivity index (χ1n) is 8.38. The highest BCUT2D eigenvalue weighted by molar-refractivity contribution is 5.76. The summed E-state index contributed by atoms with van der Waals surface area (Å²) in [5, 5.41) is 0. The molecule has 0 saturated carbocycles. The fraction of sp³-hybridized carbons (Fsp3) is 0.200. The molecule has 0 atom stereocenters. The predicted octanol–water partition coefficient (Wildman–Crippen LogP) is 4.42. The monoisotopic (exact) mass is 334 g/mol. The molecule has 0 amide bonds. The van der Waals surface area contributed by atoms with E-state index in [4.69, 9.17) is 0 Å². The lowest BCUT2D eigenvalue weighted by Crippen LogP contribution is -2.08. The zero-order chi connectivity index (χ0) is 17.4. The van der Waals surface area contributed by atoms with Gasteiger partial charge in [-0.25, -0.2) is 14.4 Å². The number of halogens is 1. The van der Waals surface area contributed by atoms with Crippen LogP contribution in [0.15, 0.2) is 54.9 Å². The van der Waals surface area contributed by atoms with Crippen LogP contribution in [0.3, 0.4) is 0 Å². The van der Waals surface area contributed by atoms with E-state index < -0.39 is 0 Å². The molecule has 0 spiro atoms. The van der Waals surface area contributed by atoms with E-state index in [0.717, 1.165) is 29.3 Å². The molecule has 2 aromatic heterocycles. The molecule has 0 unspecified atom stereocenters. The van der Waals surface area contributed by atoms with Gasteiger partial charge in [-0.15, -0.1) is 0 Å². The molecule has 0 radical (unpaired) electrons. The van der Waals surface area contributed by atoms with Crippen LogP contribution in [-0.2, 0) is 13.1 Å². The van der Waals surface area contributed by atoms with Gasteiger partial charge in [0, 0.05) is 30.6 Å². The number of nitrogens with zero attached hydrogens (tertiary/aromatic N) is 4. The molecule has 4 nitrogen and oxygen atoms in total. The molecule has 25 heavy (non-hydrogen) atoms. The molecule has 2 heterocycles. The van der Waals surface area contributed by atoms with Gasteiger partial charge in [0.1, 0.15) is 17.5 Å². The van der Waals surface area contributed by atoms with Crippen LogP contribution < -0.4 is 0 Å². The molecule has 0 fully saturated rings. The molecule has 4 rings (SSSR count). The second-order valence-corrected chi connectivity index (χ2v) is 6.15. The third-order valence-electron chi connectivity index (χ3n) is 4.41. The van der Waals surface area contributed by atoms with E-state index in [0.29, 0.717) is 12.1 Å². The number of imidazole rings is 2. The van der Waals surface area contributed by atoms with Crippen molar-refractivity contribution < 1.29 is 4.39 Å². The Morgan fingerprint density at radius 1 is 1.12 bits per heavy atom. The minimum atomic E-state index is -0.261. The summed E-state index contributed by atoms with van der Waals surface area (Å²) in [5.41, 5.74) is 3.92. The van der Waals surface area contributed by atoms with Gasteiger partial charge in [-0.3, -0.25) is 0 Å². The zero-order valence-corrected chi connectivity index (χ0v) is 14.3. The smallest absolute Gasteiger partial charge is 0.140 e. The molecule has 2 aromatic carbocycles. The van der Waals surface area contributed by atoms with E-state index >= 15 is 0 Å². The van der Waals surface area contributed by atoms with Crippen molar-refractivity contribution in [2.45, 2.75) is 26.9 Å². The summed E-state index contributed by atoms with van der Waals surface area (Å²) < 4.78 is 17.7. The molecule has 0 aliphatic heterocycles. The molecule has 5 heteroatoms. The summed E-state index contributed by atoms with van der Waals surface area (Å²) in [7, 11) is 0. The highest BCUT2D eigenvalue weighted by atomic mass is 19.1. The Labute approximate surface area is 145 Å². The first kappa shape index (κ1) is 15.6. The van der Waals surface area contributed by atoms with Gasteiger partial charge in [0.25, 0.3) is 0 Å². The van der Waals surface area contributed by atoms with Crippen LogP contribution in [-0.4, -0.2) is 19.1 Å². The Bertz CT molecular complexity index is 1040. The topological polar surface area (TPSA) is 35.6 Å². The maximum absolute atomic E-state index is 13.5. The van der Waals surface area contributed by atoms with Crippen LogP contribution in [0.25, 0.3) is 22.4 Å². The van der Waals surface area contributed by atoms with E-state index in [2.05, 4.69) is 51.1 Å². The van der Waals surface area contributed by atoms with E-state index in [-0.39, 0.29) is 5.82 Å². The molecule has 126 valence electrons. The summed E-state index contributed by atoms with van der Waals surface area (Å²) in [6.07, 6.45) is 3.76. The van der Waals surface area contributed by atoms with Crippen LogP contribution in [0.4, 0.5) is 4.39 Å². The van der Waals surface area contributed by atoms with E-state index in [9.17, 15) is 4.39 Å². The Hall–Kier alpha value is -2.95. The van der Waals surface area contributed by atoms with E-state index in [1.165, 1.54) is 17.7 Å². The zero-order valence-electron chi connectivity index (χ0n) is 14.3. The first-order chi connectivity index (χ1) is 12.2. The Morgan fingerprint density at radius 2 is 2.00 bits per heavy atom. The van der Waals surface area contributed by atoms with Gasteiger partial charge in [0.2, 0.25) is 0 Å². The van der Waals surface area contributed by atoms with Crippen molar-refractivity contribution in [3.63, 3.8) is 0 Å². The molecular weight excluding hydrogens is 315 g/mol. The average Bonchev–Trinajstić information content (AvgIpc) is 3.18. The van der Waals surface area contributed by atoms with Crippen molar-refractivity contribution in [3.05, 3.63) is 72.1 Å². The van der Waals surface area contributed by atoms with Crippen LogP contribution in [0.1, 0.15) is 18.3 Å². The molecule has 0 aliphatic carbocycles. The third-order valence-corrected chi connectivity index (χ3v) is 4.41. The van der Waals surface area contributed by atoms with Gasteiger partial charge in [-0.1, -0.05) is 23.8 Å². The van der Waals surface area contributed by atoms with Crippen molar-refractivity contribution >= 4 is 11.0 Å². The highest BCUT2D eigenvalue weighted by Crippen LogP contribution is 2.22. The van der Waals surface area contributed by atoms with Crippen molar-refractivity contribution in [3.8, 4) is 11.4 Å². The lowest BCUT2D eigenvalue weighted by Gasteiger charge is -2.10. The Morgan fingerprint density at radius 3 is 2.80 bits per heavy atom. The number of benzene rings is 2. The number of hydrogen-bond donors (Lipinski definition) is 0. The van der Waals surface area contributed by atoms with Gasteiger partial charge in [0.15, 0.2) is 0 Å². The predicted molar refractivity (Wildman–Crippen MR) is 96.9 cm³/mol. The quantitative estimate of drug-likeness (QED) is 0.554. The highest BCUT2D eigenvalue weighted by Gasteiger charge is 2.13. The summed E-state index contributed by atoms with van der Waals surface area (Å²) >= 11 is 0. The Kier molecular flexibility index (Phi) is 3.84.